The normalized spacial score (nSPS) is 11.3. The van der Waals surface area contributed by atoms with Crippen LogP contribution in [0.25, 0.3) is 0 Å². The zero-order valence-corrected chi connectivity index (χ0v) is 9.66. The number of methoxy groups -OCH3 is 1. The fourth-order valence-corrected chi connectivity index (χ4v) is 1.16. The highest BCUT2D eigenvalue weighted by Crippen LogP contribution is 2.21. The number of hydrogen-bond acceptors (Lipinski definition) is 2. The number of aliphatic hydroxyl groups is 1. The van der Waals surface area contributed by atoms with Crippen molar-refractivity contribution < 1.29 is 9.84 Å². The maximum absolute atomic E-state index is 9.27. The first kappa shape index (κ1) is 13.0. The SMILES string of the molecule is CC.COc1ccc(C(C)O)cc1C. The van der Waals surface area contributed by atoms with Gasteiger partial charge >= 0.3 is 0 Å². The van der Waals surface area contributed by atoms with Gasteiger partial charge in [0.25, 0.3) is 0 Å². The number of aryl methyl sites for hydroxylation is 1. The summed E-state index contributed by atoms with van der Waals surface area (Å²) in [6.07, 6.45) is -0.408. The Kier molecular flexibility index (Phi) is 5.97. The van der Waals surface area contributed by atoms with Crippen LogP contribution in [0.5, 0.6) is 5.75 Å². The van der Waals surface area contributed by atoms with E-state index in [0.717, 1.165) is 16.9 Å². The molecule has 0 saturated heterocycles. The van der Waals surface area contributed by atoms with E-state index < -0.39 is 6.10 Å². The van der Waals surface area contributed by atoms with Crippen LogP contribution in [0.2, 0.25) is 0 Å². The second-order valence-corrected chi connectivity index (χ2v) is 2.91. The molecular weight excluding hydrogens is 176 g/mol. The van der Waals surface area contributed by atoms with Crippen LogP contribution in [0.3, 0.4) is 0 Å². The van der Waals surface area contributed by atoms with Crippen molar-refractivity contribution in [1.29, 1.82) is 0 Å². The molecule has 1 unspecified atom stereocenters. The van der Waals surface area contributed by atoms with Gasteiger partial charge in [0, 0.05) is 0 Å². The number of hydrogen-bond donors (Lipinski definition) is 1. The third-order valence-corrected chi connectivity index (χ3v) is 1.90. The van der Waals surface area contributed by atoms with Gasteiger partial charge in [-0.25, -0.2) is 0 Å². The molecule has 2 heteroatoms. The molecule has 1 rings (SSSR count). The standard InChI is InChI=1S/C10H14O2.C2H6/c1-7-6-9(8(2)11)4-5-10(7)12-3;1-2/h4-6,8,11H,1-3H3;1-2H3. The van der Waals surface area contributed by atoms with Crippen molar-refractivity contribution in [3.05, 3.63) is 29.3 Å². The van der Waals surface area contributed by atoms with Crippen molar-refractivity contribution in [1.82, 2.24) is 0 Å². The molecule has 0 radical (unpaired) electrons. The molecular formula is C12H20O2. The zero-order valence-electron chi connectivity index (χ0n) is 9.66. The van der Waals surface area contributed by atoms with Gasteiger partial charge in [-0.1, -0.05) is 19.9 Å². The quantitative estimate of drug-likeness (QED) is 0.787. The Morgan fingerprint density at radius 3 is 2.21 bits per heavy atom. The zero-order chi connectivity index (χ0) is 11.1. The fourth-order valence-electron chi connectivity index (χ4n) is 1.16. The maximum Gasteiger partial charge on any atom is 0.121 e. The first-order valence-electron chi connectivity index (χ1n) is 4.97. The van der Waals surface area contributed by atoms with E-state index in [2.05, 4.69) is 0 Å². The Morgan fingerprint density at radius 2 is 1.86 bits per heavy atom. The summed E-state index contributed by atoms with van der Waals surface area (Å²) in [6.45, 7) is 7.71. The van der Waals surface area contributed by atoms with Crippen LogP contribution in [-0.4, -0.2) is 12.2 Å². The molecule has 0 spiro atoms. The van der Waals surface area contributed by atoms with Crippen LogP contribution in [0.15, 0.2) is 18.2 Å². The third-order valence-electron chi connectivity index (χ3n) is 1.90. The van der Waals surface area contributed by atoms with E-state index in [1.165, 1.54) is 0 Å². The van der Waals surface area contributed by atoms with Crippen molar-refractivity contribution in [2.24, 2.45) is 0 Å². The summed E-state index contributed by atoms with van der Waals surface area (Å²) in [5.74, 6) is 0.861. The summed E-state index contributed by atoms with van der Waals surface area (Å²) in [6, 6.07) is 5.68. The van der Waals surface area contributed by atoms with Gasteiger partial charge in [-0.2, -0.15) is 0 Å². The minimum Gasteiger partial charge on any atom is -0.496 e. The number of benzene rings is 1. The van der Waals surface area contributed by atoms with Crippen molar-refractivity contribution in [2.75, 3.05) is 7.11 Å². The molecule has 1 atom stereocenters. The maximum atomic E-state index is 9.27. The smallest absolute Gasteiger partial charge is 0.121 e. The molecule has 2 nitrogen and oxygen atoms in total. The van der Waals surface area contributed by atoms with E-state index in [1.807, 2.05) is 39.0 Å². The summed E-state index contributed by atoms with van der Waals surface area (Å²) in [5, 5.41) is 9.27. The molecule has 14 heavy (non-hydrogen) atoms. The largest absolute Gasteiger partial charge is 0.496 e. The fraction of sp³-hybridized carbons (Fsp3) is 0.500. The second kappa shape index (κ2) is 6.44. The van der Waals surface area contributed by atoms with E-state index in [4.69, 9.17) is 4.74 Å². The summed E-state index contributed by atoms with van der Waals surface area (Å²) in [4.78, 5) is 0. The van der Waals surface area contributed by atoms with Gasteiger partial charge in [0.2, 0.25) is 0 Å². The van der Waals surface area contributed by atoms with E-state index in [-0.39, 0.29) is 0 Å². The van der Waals surface area contributed by atoms with Crippen LogP contribution >= 0.6 is 0 Å². The Morgan fingerprint density at radius 1 is 1.29 bits per heavy atom. The molecule has 0 aromatic heterocycles. The molecule has 1 aromatic carbocycles. The van der Waals surface area contributed by atoms with Gasteiger partial charge in [-0.3, -0.25) is 0 Å². The highest BCUT2D eigenvalue weighted by Gasteiger charge is 2.03. The highest BCUT2D eigenvalue weighted by molar-refractivity contribution is 5.36. The van der Waals surface area contributed by atoms with E-state index in [0.29, 0.717) is 0 Å². The van der Waals surface area contributed by atoms with E-state index >= 15 is 0 Å². The molecule has 0 aliphatic rings. The predicted molar refractivity (Wildman–Crippen MR) is 59.7 cm³/mol. The molecule has 1 aromatic rings. The van der Waals surface area contributed by atoms with Gasteiger partial charge in [0.1, 0.15) is 5.75 Å². The summed E-state index contributed by atoms with van der Waals surface area (Å²) < 4.78 is 5.10. The van der Waals surface area contributed by atoms with Crippen LogP contribution in [0.1, 0.15) is 38.0 Å². The van der Waals surface area contributed by atoms with Gasteiger partial charge < -0.3 is 9.84 Å². The Balaban J connectivity index is 0.000000791. The lowest BCUT2D eigenvalue weighted by atomic mass is 10.1. The average molecular weight is 196 g/mol. The molecule has 0 aliphatic heterocycles. The van der Waals surface area contributed by atoms with Gasteiger partial charge in [-0.05, 0) is 37.1 Å². The van der Waals surface area contributed by atoms with Crippen molar-refractivity contribution >= 4 is 0 Å². The first-order chi connectivity index (χ1) is 6.65. The lowest BCUT2D eigenvalue weighted by Crippen LogP contribution is -1.93. The Labute approximate surface area is 86.5 Å². The topological polar surface area (TPSA) is 29.5 Å². The van der Waals surface area contributed by atoms with E-state index in [9.17, 15) is 5.11 Å². The Hall–Kier alpha value is -1.02. The lowest BCUT2D eigenvalue weighted by molar-refractivity contribution is 0.199. The van der Waals surface area contributed by atoms with Crippen LogP contribution in [0.4, 0.5) is 0 Å². The summed E-state index contributed by atoms with van der Waals surface area (Å²) >= 11 is 0. The van der Waals surface area contributed by atoms with Gasteiger partial charge in [-0.15, -0.1) is 0 Å². The Bertz CT molecular complexity index is 267. The average Bonchev–Trinajstić information content (AvgIpc) is 2.20. The van der Waals surface area contributed by atoms with E-state index in [1.54, 1.807) is 14.0 Å². The molecule has 0 amide bonds. The molecule has 80 valence electrons. The lowest BCUT2D eigenvalue weighted by Gasteiger charge is -2.08. The molecule has 0 aliphatic carbocycles. The van der Waals surface area contributed by atoms with Gasteiger partial charge in [0.05, 0.1) is 13.2 Å². The molecule has 0 saturated carbocycles. The van der Waals surface area contributed by atoms with Crippen LogP contribution in [0, 0.1) is 6.92 Å². The predicted octanol–water partition coefficient (Wildman–Crippen LogP) is 3.08. The van der Waals surface area contributed by atoms with Gasteiger partial charge in [0.15, 0.2) is 0 Å². The van der Waals surface area contributed by atoms with Crippen molar-refractivity contribution in [2.45, 2.75) is 33.8 Å². The number of rotatable bonds is 2. The second-order valence-electron chi connectivity index (χ2n) is 2.91. The molecule has 1 N–H and O–H groups in total. The molecule has 0 heterocycles. The first-order valence-corrected chi connectivity index (χ1v) is 4.97. The summed E-state index contributed by atoms with van der Waals surface area (Å²) in [7, 11) is 1.64. The minimum atomic E-state index is -0.408. The van der Waals surface area contributed by atoms with Crippen LogP contribution in [-0.2, 0) is 0 Å². The third kappa shape index (κ3) is 3.38. The monoisotopic (exact) mass is 196 g/mol. The molecule has 0 bridgehead atoms. The minimum absolute atomic E-state index is 0.408. The number of aliphatic hydroxyl groups excluding tert-OH is 1. The van der Waals surface area contributed by atoms with Crippen molar-refractivity contribution in [3.8, 4) is 5.75 Å². The molecule has 0 fully saturated rings. The summed E-state index contributed by atoms with van der Waals surface area (Å²) in [5.41, 5.74) is 1.98. The van der Waals surface area contributed by atoms with Crippen molar-refractivity contribution in [3.63, 3.8) is 0 Å². The number of ether oxygens (including phenoxy) is 1. The van der Waals surface area contributed by atoms with Crippen LogP contribution < -0.4 is 4.74 Å². The highest BCUT2D eigenvalue weighted by atomic mass is 16.5.